The van der Waals surface area contributed by atoms with Gasteiger partial charge in [0, 0.05) is 21.5 Å². The summed E-state index contributed by atoms with van der Waals surface area (Å²) in [6.07, 6.45) is -4.81. The molecule has 7 nitrogen and oxygen atoms in total. The van der Waals surface area contributed by atoms with Crippen LogP contribution in [0, 0.1) is 12.8 Å². The SMILES string of the molecule is Cc1ccccc1NC(=O)Cn1c2c(sc1=O)C(c1ccc(Cl)cc1)C1C(=O)N(c3ccccc3C(F)(F)F)C(=O)C1S2. The number of rotatable bonds is 5. The van der Waals surface area contributed by atoms with Crippen LogP contribution in [0.1, 0.15) is 27.5 Å². The van der Waals surface area contributed by atoms with Crippen molar-refractivity contribution in [2.24, 2.45) is 5.92 Å². The number of carbonyl (C=O) groups is 3. The summed E-state index contributed by atoms with van der Waals surface area (Å²) in [5.41, 5.74) is 0.304. The van der Waals surface area contributed by atoms with Crippen molar-refractivity contribution in [3.8, 4) is 0 Å². The number of para-hydroxylation sites is 2. The molecule has 0 aliphatic carbocycles. The number of fused-ring (bicyclic) bond motifs is 2. The number of hydrogen-bond acceptors (Lipinski definition) is 6. The van der Waals surface area contributed by atoms with E-state index in [4.69, 9.17) is 11.6 Å². The molecule has 1 aromatic heterocycles. The first-order valence-electron chi connectivity index (χ1n) is 13.0. The van der Waals surface area contributed by atoms with Crippen LogP contribution in [0.2, 0.25) is 5.02 Å². The smallest absolute Gasteiger partial charge is 0.324 e. The monoisotopic (exact) mass is 643 g/mol. The molecule has 0 spiro atoms. The zero-order chi connectivity index (χ0) is 30.6. The fourth-order valence-electron chi connectivity index (χ4n) is 5.48. The largest absolute Gasteiger partial charge is 0.418 e. The lowest BCUT2D eigenvalue weighted by Gasteiger charge is -2.30. The number of carbonyl (C=O) groups excluding carboxylic acids is 3. The van der Waals surface area contributed by atoms with Crippen molar-refractivity contribution in [2.45, 2.75) is 35.8 Å². The van der Waals surface area contributed by atoms with Gasteiger partial charge in [-0.1, -0.05) is 77.2 Å². The Kier molecular flexibility index (Phi) is 7.47. The summed E-state index contributed by atoms with van der Waals surface area (Å²) in [5.74, 6) is -4.03. The van der Waals surface area contributed by atoms with Gasteiger partial charge in [0.2, 0.25) is 17.7 Å². The van der Waals surface area contributed by atoms with Crippen molar-refractivity contribution in [3.05, 3.63) is 109 Å². The van der Waals surface area contributed by atoms with Crippen LogP contribution < -0.4 is 15.1 Å². The number of aryl methyl sites for hydroxylation is 1. The van der Waals surface area contributed by atoms with Gasteiger partial charge in [-0.25, -0.2) is 4.90 Å². The lowest BCUT2D eigenvalue weighted by Crippen LogP contribution is -2.33. The number of halogens is 4. The van der Waals surface area contributed by atoms with E-state index in [0.717, 1.165) is 40.8 Å². The number of thioether (sulfide) groups is 1. The highest BCUT2D eigenvalue weighted by molar-refractivity contribution is 8.00. The topological polar surface area (TPSA) is 88.5 Å². The first-order valence-corrected chi connectivity index (χ1v) is 15.1. The molecule has 0 saturated carbocycles. The number of thiazole rings is 1. The third-order valence-corrected chi connectivity index (χ3v) is 10.3. The summed E-state index contributed by atoms with van der Waals surface area (Å²) in [5, 5.41) is 2.39. The number of hydrogen-bond donors (Lipinski definition) is 1. The Hall–Kier alpha value is -3.87. The third kappa shape index (κ3) is 5.17. The average Bonchev–Trinajstić information content (AvgIpc) is 3.40. The maximum Gasteiger partial charge on any atom is 0.418 e. The highest BCUT2D eigenvalue weighted by atomic mass is 35.5. The van der Waals surface area contributed by atoms with Crippen LogP contribution in [0.3, 0.4) is 0 Å². The molecule has 2 aliphatic heterocycles. The van der Waals surface area contributed by atoms with E-state index in [9.17, 15) is 32.3 Å². The number of nitrogens with zero attached hydrogens (tertiary/aromatic N) is 2. The molecular formula is C30H21ClF3N3O4S2. The minimum atomic E-state index is -4.81. The quantitative estimate of drug-likeness (QED) is 0.257. The maximum absolute atomic E-state index is 13.9. The molecule has 43 heavy (non-hydrogen) atoms. The molecule has 4 aromatic rings. The predicted octanol–water partition coefficient (Wildman–Crippen LogP) is 6.32. The standard InChI is InChI=1S/C30H21ClF3N3O4S2/c1-15-6-2-4-8-19(15)35-21(38)14-36-28-25(43-29(36)41)22(16-10-12-17(31)13-11-16)23-24(42-28)27(40)37(26(23)39)20-9-5-3-7-18(20)30(32,33)34/h2-13,22-24H,14H2,1H3,(H,35,38). The van der Waals surface area contributed by atoms with Gasteiger partial charge in [0.05, 0.1) is 22.2 Å². The number of nitrogens with one attached hydrogen (secondary N) is 1. The van der Waals surface area contributed by atoms with Crippen LogP contribution in [0.15, 0.2) is 82.6 Å². The van der Waals surface area contributed by atoms with Gasteiger partial charge in [0.15, 0.2) is 0 Å². The third-order valence-electron chi connectivity index (χ3n) is 7.45. The Morgan fingerprint density at radius 3 is 2.33 bits per heavy atom. The van der Waals surface area contributed by atoms with E-state index < -0.39 is 57.1 Å². The first-order chi connectivity index (χ1) is 20.5. The summed E-state index contributed by atoms with van der Waals surface area (Å²) >= 11 is 7.87. The van der Waals surface area contributed by atoms with Crippen LogP contribution in [-0.2, 0) is 27.1 Å². The maximum atomic E-state index is 13.9. The van der Waals surface area contributed by atoms with Crippen LogP contribution in [0.4, 0.5) is 24.5 Å². The summed E-state index contributed by atoms with van der Waals surface area (Å²) in [4.78, 5) is 54.7. The highest BCUT2D eigenvalue weighted by Crippen LogP contribution is 2.54. The van der Waals surface area contributed by atoms with E-state index >= 15 is 0 Å². The van der Waals surface area contributed by atoms with Crippen molar-refractivity contribution in [3.63, 3.8) is 0 Å². The molecule has 1 saturated heterocycles. The second kappa shape index (κ2) is 11.0. The van der Waals surface area contributed by atoms with Crippen molar-refractivity contribution in [1.29, 1.82) is 0 Å². The Bertz CT molecular complexity index is 1840. The Balaban J connectivity index is 1.44. The zero-order valence-corrected chi connectivity index (χ0v) is 24.6. The zero-order valence-electron chi connectivity index (χ0n) is 22.2. The Morgan fingerprint density at radius 1 is 0.953 bits per heavy atom. The molecule has 1 fully saturated rings. The van der Waals surface area contributed by atoms with Crippen LogP contribution >= 0.6 is 34.7 Å². The lowest BCUT2D eigenvalue weighted by molar-refractivity contribution is -0.137. The fourth-order valence-corrected chi connectivity index (χ4v) is 8.38. The van der Waals surface area contributed by atoms with Gasteiger partial charge in [-0.15, -0.1) is 0 Å². The molecule has 13 heteroatoms. The fraction of sp³-hybridized carbons (Fsp3) is 0.200. The van der Waals surface area contributed by atoms with E-state index in [0.29, 0.717) is 31.1 Å². The first kappa shape index (κ1) is 29.2. The van der Waals surface area contributed by atoms with E-state index in [1.165, 1.54) is 16.7 Å². The van der Waals surface area contributed by atoms with Gasteiger partial charge in [-0.05, 0) is 48.4 Å². The Labute approximate surface area is 256 Å². The number of anilines is 2. The van der Waals surface area contributed by atoms with Gasteiger partial charge in [-0.3, -0.25) is 23.7 Å². The van der Waals surface area contributed by atoms with Gasteiger partial charge in [0.25, 0.3) is 0 Å². The normalized spacial score (nSPS) is 19.7. The molecular weight excluding hydrogens is 623 g/mol. The van der Waals surface area contributed by atoms with Gasteiger partial charge < -0.3 is 5.32 Å². The van der Waals surface area contributed by atoms with Crippen LogP contribution in [0.25, 0.3) is 0 Å². The number of benzene rings is 3. The van der Waals surface area contributed by atoms with Crippen molar-refractivity contribution < 1.29 is 27.6 Å². The average molecular weight is 644 g/mol. The lowest BCUT2D eigenvalue weighted by atomic mass is 9.83. The molecule has 220 valence electrons. The van der Waals surface area contributed by atoms with Gasteiger partial charge in [0.1, 0.15) is 11.8 Å². The van der Waals surface area contributed by atoms with Gasteiger partial charge in [-0.2, -0.15) is 13.2 Å². The predicted molar refractivity (Wildman–Crippen MR) is 159 cm³/mol. The summed E-state index contributed by atoms with van der Waals surface area (Å²) in [6.45, 7) is 1.46. The summed E-state index contributed by atoms with van der Waals surface area (Å²) in [7, 11) is 0. The number of imide groups is 1. The molecule has 3 atom stereocenters. The molecule has 3 aromatic carbocycles. The van der Waals surface area contributed by atoms with Crippen molar-refractivity contribution in [1.82, 2.24) is 4.57 Å². The van der Waals surface area contributed by atoms with Gasteiger partial charge >= 0.3 is 11.0 Å². The minimum Gasteiger partial charge on any atom is -0.324 e. The van der Waals surface area contributed by atoms with Crippen molar-refractivity contribution >= 4 is 63.8 Å². The van der Waals surface area contributed by atoms with Crippen LogP contribution in [-0.4, -0.2) is 27.5 Å². The van der Waals surface area contributed by atoms with Crippen LogP contribution in [0.5, 0.6) is 0 Å². The Morgan fingerprint density at radius 2 is 1.63 bits per heavy atom. The molecule has 0 radical (unpaired) electrons. The van der Waals surface area contributed by atoms with E-state index in [-0.39, 0.29) is 6.54 Å². The van der Waals surface area contributed by atoms with E-state index in [2.05, 4.69) is 5.32 Å². The van der Waals surface area contributed by atoms with E-state index in [1.807, 2.05) is 19.1 Å². The molecule has 0 bridgehead atoms. The molecule has 2 aliphatic rings. The van der Waals surface area contributed by atoms with E-state index in [1.54, 1.807) is 36.4 Å². The second-order valence-electron chi connectivity index (χ2n) is 10.1. The number of aromatic nitrogens is 1. The molecule has 6 rings (SSSR count). The highest BCUT2D eigenvalue weighted by Gasteiger charge is 2.57. The van der Waals surface area contributed by atoms with Crippen molar-refractivity contribution in [2.75, 3.05) is 10.2 Å². The molecule has 3 heterocycles. The molecule has 3 unspecified atom stereocenters. The molecule has 1 N–H and O–H groups in total. The summed E-state index contributed by atoms with van der Waals surface area (Å²) in [6, 6.07) is 18.1. The molecule has 3 amide bonds. The number of alkyl halides is 3. The minimum absolute atomic E-state index is 0.322. The second-order valence-corrected chi connectivity index (χ2v) is 12.7. The summed E-state index contributed by atoms with van der Waals surface area (Å²) < 4.78 is 43.0. The number of amides is 3.